The first-order valence-electron chi connectivity index (χ1n) is 5.92. The molecule has 4 N–H and O–H groups in total. The van der Waals surface area contributed by atoms with Crippen molar-refractivity contribution in [1.29, 1.82) is 0 Å². The number of carbonyl (C=O) groups excluding carboxylic acids is 2. The minimum Gasteiger partial charge on any atom is -0.481 e. The van der Waals surface area contributed by atoms with Gasteiger partial charge in [-0.05, 0) is 18.3 Å². The number of rotatable bonds is 4. The number of amides is 2. The van der Waals surface area contributed by atoms with E-state index in [1.54, 1.807) is 20.8 Å². The molecule has 0 aromatic rings. The van der Waals surface area contributed by atoms with Crippen molar-refractivity contribution in [3.05, 3.63) is 0 Å². The van der Waals surface area contributed by atoms with E-state index in [1.165, 1.54) is 0 Å². The van der Waals surface area contributed by atoms with Gasteiger partial charge in [-0.3, -0.25) is 14.4 Å². The van der Waals surface area contributed by atoms with Crippen molar-refractivity contribution in [2.45, 2.75) is 33.6 Å². The van der Waals surface area contributed by atoms with Crippen molar-refractivity contribution in [2.75, 3.05) is 6.54 Å². The van der Waals surface area contributed by atoms with Crippen LogP contribution in [0.15, 0.2) is 0 Å². The summed E-state index contributed by atoms with van der Waals surface area (Å²) in [6.07, 6.45) is 0.949. The van der Waals surface area contributed by atoms with E-state index in [2.05, 4.69) is 5.32 Å². The Balaban J connectivity index is 2.90. The van der Waals surface area contributed by atoms with E-state index in [4.69, 9.17) is 5.73 Å². The molecule has 0 saturated heterocycles. The molecule has 2 atom stereocenters. The predicted octanol–water partition coefficient (Wildman–Crippen LogP) is 0.115. The summed E-state index contributed by atoms with van der Waals surface area (Å²) in [6, 6.07) is 0. The minimum absolute atomic E-state index is 0.220. The highest BCUT2D eigenvalue weighted by atomic mass is 16.4. The Morgan fingerprint density at radius 2 is 1.89 bits per heavy atom. The summed E-state index contributed by atoms with van der Waals surface area (Å²) in [5.41, 5.74) is 3.51. The van der Waals surface area contributed by atoms with Gasteiger partial charge in [0, 0.05) is 0 Å². The molecule has 0 heterocycles. The van der Waals surface area contributed by atoms with Gasteiger partial charge in [0.15, 0.2) is 0 Å². The molecule has 1 aliphatic rings. The quantitative estimate of drug-likeness (QED) is 0.663. The van der Waals surface area contributed by atoms with E-state index in [-0.39, 0.29) is 12.5 Å². The van der Waals surface area contributed by atoms with Gasteiger partial charge in [-0.15, -0.1) is 0 Å². The molecule has 6 nitrogen and oxygen atoms in total. The summed E-state index contributed by atoms with van der Waals surface area (Å²) in [5, 5.41) is 11.6. The lowest BCUT2D eigenvalue weighted by molar-refractivity contribution is -0.149. The lowest BCUT2D eigenvalue weighted by Gasteiger charge is -2.39. The number of carboxylic acids is 1. The largest absolute Gasteiger partial charge is 0.481 e. The Kier molecular flexibility index (Phi) is 3.69. The molecule has 0 aromatic carbocycles. The number of nitrogens with one attached hydrogen (secondary N) is 1. The standard InChI is InChI=1S/C12H20N2O4/c1-11(2)7(9(16)17)4-5-12(11,3)10(18)14-6-8(13)15/h7H,4-6H2,1-3H3,(H2,13,15)(H,14,18)(H,16,17)/t7-,12+/m1/s1. The molecule has 0 unspecified atom stereocenters. The molecular weight excluding hydrogens is 236 g/mol. The molecule has 6 heteroatoms. The second-order valence-electron chi connectivity index (χ2n) is 5.63. The monoisotopic (exact) mass is 256 g/mol. The van der Waals surface area contributed by atoms with Crippen LogP contribution in [0.2, 0.25) is 0 Å². The lowest BCUT2D eigenvalue weighted by atomic mass is 9.65. The Labute approximate surface area is 106 Å². The number of nitrogens with two attached hydrogens (primary N) is 1. The number of hydrogen-bond donors (Lipinski definition) is 3. The van der Waals surface area contributed by atoms with Gasteiger partial charge < -0.3 is 16.2 Å². The number of carbonyl (C=O) groups is 3. The fraction of sp³-hybridized carbons (Fsp3) is 0.750. The molecule has 0 aromatic heterocycles. The van der Waals surface area contributed by atoms with E-state index in [0.717, 1.165) is 0 Å². The first-order chi connectivity index (χ1) is 8.13. The van der Waals surface area contributed by atoms with Crippen LogP contribution in [-0.2, 0) is 14.4 Å². The molecule has 2 amide bonds. The molecular formula is C12H20N2O4. The van der Waals surface area contributed by atoms with E-state index < -0.39 is 28.6 Å². The maximum Gasteiger partial charge on any atom is 0.307 e. The number of aliphatic carboxylic acids is 1. The third-order valence-electron chi connectivity index (χ3n) is 4.45. The van der Waals surface area contributed by atoms with E-state index >= 15 is 0 Å². The Hall–Kier alpha value is -1.59. The van der Waals surface area contributed by atoms with Gasteiger partial charge in [0.05, 0.1) is 17.9 Å². The Morgan fingerprint density at radius 1 is 1.33 bits per heavy atom. The average Bonchev–Trinajstić information content (AvgIpc) is 2.47. The topological polar surface area (TPSA) is 109 Å². The molecule has 0 aliphatic heterocycles. The Bertz CT molecular complexity index is 392. The van der Waals surface area contributed by atoms with Crippen molar-refractivity contribution >= 4 is 17.8 Å². The molecule has 1 rings (SSSR count). The highest BCUT2D eigenvalue weighted by Crippen LogP contribution is 2.56. The SMILES string of the molecule is CC1(C)[C@@H](C(=O)O)CC[C@@]1(C)C(=O)NCC(N)=O. The Morgan fingerprint density at radius 3 is 2.28 bits per heavy atom. The van der Waals surface area contributed by atoms with Gasteiger partial charge >= 0.3 is 5.97 Å². The maximum absolute atomic E-state index is 12.1. The van der Waals surface area contributed by atoms with E-state index in [9.17, 15) is 19.5 Å². The molecule has 1 aliphatic carbocycles. The van der Waals surface area contributed by atoms with Crippen molar-refractivity contribution < 1.29 is 19.5 Å². The van der Waals surface area contributed by atoms with Crippen LogP contribution in [0.5, 0.6) is 0 Å². The molecule has 102 valence electrons. The zero-order chi connectivity index (χ0) is 14.1. The van der Waals surface area contributed by atoms with Crippen LogP contribution in [0, 0.1) is 16.7 Å². The number of hydrogen-bond acceptors (Lipinski definition) is 3. The van der Waals surface area contributed by atoms with Crippen LogP contribution in [-0.4, -0.2) is 29.4 Å². The van der Waals surface area contributed by atoms with Crippen LogP contribution >= 0.6 is 0 Å². The first kappa shape index (κ1) is 14.5. The number of carboxylic acid groups (broad SMARTS) is 1. The summed E-state index contributed by atoms with van der Waals surface area (Å²) in [7, 11) is 0. The van der Waals surface area contributed by atoms with Gasteiger partial charge in [0.2, 0.25) is 11.8 Å². The summed E-state index contributed by atoms with van der Waals surface area (Å²) in [6.45, 7) is 5.08. The van der Waals surface area contributed by atoms with E-state index in [0.29, 0.717) is 12.8 Å². The fourth-order valence-corrected chi connectivity index (χ4v) is 2.70. The zero-order valence-electron chi connectivity index (χ0n) is 10.9. The highest BCUT2D eigenvalue weighted by Gasteiger charge is 2.58. The van der Waals surface area contributed by atoms with Crippen molar-refractivity contribution in [1.82, 2.24) is 5.32 Å². The molecule has 1 fully saturated rings. The van der Waals surface area contributed by atoms with Gasteiger partial charge in [-0.1, -0.05) is 20.8 Å². The van der Waals surface area contributed by atoms with E-state index in [1.807, 2.05) is 0 Å². The van der Waals surface area contributed by atoms with Crippen molar-refractivity contribution in [2.24, 2.45) is 22.5 Å². The van der Waals surface area contributed by atoms with Crippen LogP contribution in [0.1, 0.15) is 33.6 Å². The maximum atomic E-state index is 12.1. The van der Waals surface area contributed by atoms with Gasteiger partial charge in [-0.25, -0.2) is 0 Å². The normalized spacial score (nSPS) is 29.8. The second-order valence-corrected chi connectivity index (χ2v) is 5.63. The summed E-state index contributed by atoms with van der Waals surface area (Å²) < 4.78 is 0. The highest BCUT2D eigenvalue weighted by molar-refractivity contribution is 5.89. The molecule has 0 spiro atoms. The molecule has 18 heavy (non-hydrogen) atoms. The molecule has 0 bridgehead atoms. The first-order valence-corrected chi connectivity index (χ1v) is 5.92. The lowest BCUT2D eigenvalue weighted by Crippen LogP contribution is -2.49. The third kappa shape index (κ3) is 2.19. The van der Waals surface area contributed by atoms with Crippen molar-refractivity contribution in [3.63, 3.8) is 0 Å². The van der Waals surface area contributed by atoms with Crippen LogP contribution in [0.4, 0.5) is 0 Å². The van der Waals surface area contributed by atoms with Crippen LogP contribution < -0.4 is 11.1 Å². The summed E-state index contributed by atoms with van der Waals surface area (Å²) in [4.78, 5) is 34.0. The number of primary amides is 1. The second kappa shape index (κ2) is 4.59. The van der Waals surface area contributed by atoms with Crippen molar-refractivity contribution in [3.8, 4) is 0 Å². The minimum atomic E-state index is -0.883. The molecule has 0 radical (unpaired) electrons. The molecule has 1 saturated carbocycles. The van der Waals surface area contributed by atoms with Gasteiger partial charge in [0.1, 0.15) is 0 Å². The summed E-state index contributed by atoms with van der Waals surface area (Å²) >= 11 is 0. The van der Waals surface area contributed by atoms with Gasteiger partial charge in [0.25, 0.3) is 0 Å². The predicted molar refractivity (Wildman–Crippen MR) is 64.5 cm³/mol. The smallest absolute Gasteiger partial charge is 0.307 e. The average molecular weight is 256 g/mol. The fourth-order valence-electron chi connectivity index (χ4n) is 2.70. The summed E-state index contributed by atoms with van der Waals surface area (Å²) in [5.74, 6) is -2.36. The van der Waals surface area contributed by atoms with Crippen LogP contribution in [0.3, 0.4) is 0 Å². The van der Waals surface area contributed by atoms with Gasteiger partial charge in [-0.2, -0.15) is 0 Å². The zero-order valence-corrected chi connectivity index (χ0v) is 10.9. The van der Waals surface area contributed by atoms with Crippen LogP contribution in [0.25, 0.3) is 0 Å². The third-order valence-corrected chi connectivity index (χ3v) is 4.45.